The van der Waals surface area contributed by atoms with Gasteiger partial charge in [0.1, 0.15) is 30.6 Å². The summed E-state index contributed by atoms with van der Waals surface area (Å²) >= 11 is 0. The van der Waals surface area contributed by atoms with Crippen LogP contribution in [-0.2, 0) is 43.0 Å². The summed E-state index contributed by atoms with van der Waals surface area (Å²) in [4.78, 5) is 77.9. The Labute approximate surface area is 369 Å². The topological polar surface area (TPSA) is 178 Å². The third-order valence-corrected chi connectivity index (χ3v) is 18.8. The fourth-order valence-corrected chi connectivity index (χ4v) is 15.7. The van der Waals surface area contributed by atoms with E-state index < -0.39 is 23.9 Å². The molecule has 14 atom stereocenters. The van der Waals surface area contributed by atoms with Gasteiger partial charge < -0.3 is 24.5 Å². The van der Waals surface area contributed by atoms with Gasteiger partial charge in [0, 0.05) is 24.7 Å². The Kier molecular flexibility index (Phi) is 14.5. The molecule has 6 fully saturated rings. The summed E-state index contributed by atoms with van der Waals surface area (Å²) in [5.41, 5.74) is 3.56. The molecule has 6 saturated carbocycles. The number of ether oxygens (including phenoxy) is 2. The standard InChI is InChI=1S/2C25H36O5.CH2O/c2*1-15(26)19-6-7-20-18-5-4-16-14-17(30-23(29)9-8-22(27)28)10-12-24(16,2)21(18)11-13-25(19,20)3;1-2/h2*4,17-21H,5-14H2,1-3H3,(H,27,28);1H2. The van der Waals surface area contributed by atoms with Crippen LogP contribution >= 0.6 is 0 Å². The number of esters is 2. The van der Waals surface area contributed by atoms with Gasteiger partial charge in [-0.05, 0) is 161 Å². The van der Waals surface area contributed by atoms with Gasteiger partial charge in [-0.3, -0.25) is 28.8 Å². The lowest BCUT2D eigenvalue weighted by Crippen LogP contribution is -2.51. The van der Waals surface area contributed by atoms with Crippen molar-refractivity contribution in [3.8, 4) is 0 Å². The maximum atomic E-state index is 12.3. The van der Waals surface area contributed by atoms with Crippen LogP contribution in [0.1, 0.15) is 170 Å². The molecule has 11 heteroatoms. The molecule has 0 amide bonds. The molecule has 0 spiro atoms. The van der Waals surface area contributed by atoms with Crippen LogP contribution in [0.25, 0.3) is 0 Å². The Morgan fingerprint density at radius 1 is 0.548 bits per heavy atom. The summed E-state index contributed by atoms with van der Waals surface area (Å²) in [6.45, 7) is 15.1. The lowest BCUT2D eigenvalue weighted by molar-refractivity contribution is -0.154. The van der Waals surface area contributed by atoms with Crippen molar-refractivity contribution in [1.82, 2.24) is 0 Å². The molecule has 0 radical (unpaired) electrons. The van der Waals surface area contributed by atoms with Gasteiger partial charge in [0.2, 0.25) is 0 Å². The molecule has 0 heterocycles. The largest absolute Gasteiger partial charge is 0.481 e. The molecular formula is C51H74O11. The van der Waals surface area contributed by atoms with E-state index in [9.17, 15) is 28.8 Å². The second-order valence-electron chi connectivity index (χ2n) is 21.6. The number of ketones is 2. The van der Waals surface area contributed by atoms with Gasteiger partial charge in [-0.1, -0.05) is 51.0 Å². The van der Waals surface area contributed by atoms with Crippen molar-refractivity contribution >= 4 is 42.2 Å². The van der Waals surface area contributed by atoms with Crippen LogP contribution in [-0.4, -0.2) is 64.7 Å². The number of carbonyl (C=O) groups is 7. The molecule has 0 bridgehead atoms. The van der Waals surface area contributed by atoms with Crippen LogP contribution in [0.15, 0.2) is 23.3 Å². The SMILES string of the molecule is C=O.CC(=O)C1CCC2C3CC=C4CC(OC(=O)CCC(=O)O)CCC4(C)C3CCC12C.CC(=O)C1CCC2C3CC=C4CC(OC(=O)CCC(=O)O)CCC4(C)C3CCC12C. The zero-order chi connectivity index (χ0) is 45.4. The van der Waals surface area contributed by atoms with Crippen molar-refractivity contribution in [2.75, 3.05) is 0 Å². The van der Waals surface area contributed by atoms with E-state index in [-0.39, 0.29) is 71.4 Å². The Balaban J connectivity index is 0.000000199. The van der Waals surface area contributed by atoms with Crippen molar-refractivity contribution in [2.45, 2.75) is 182 Å². The van der Waals surface area contributed by atoms with Gasteiger partial charge in [-0.25, -0.2) is 0 Å². The third kappa shape index (κ3) is 9.03. The Morgan fingerprint density at radius 2 is 0.919 bits per heavy atom. The molecule has 8 aliphatic carbocycles. The van der Waals surface area contributed by atoms with Crippen LogP contribution in [0.3, 0.4) is 0 Å². The van der Waals surface area contributed by atoms with Gasteiger partial charge in [0.15, 0.2) is 0 Å². The minimum Gasteiger partial charge on any atom is -0.481 e. The van der Waals surface area contributed by atoms with E-state index in [0.717, 1.165) is 77.0 Å². The first-order valence-electron chi connectivity index (χ1n) is 23.8. The van der Waals surface area contributed by atoms with Crippen molar-refractivity contribution in [1.29, 1.82) is 0 Å². The molecule has 2 N–H and O–H groups in total. The molecule has 0 aromatic heterocycles. The number of hydrogen-bond donors (Lipinski definition) is 2. The van der Waals surface area contributed by atoms with Crippen LogP contribution < -0.4 is 0 Å². The van der Waals surface area contributed by atoms with E-state index in [1.54, 1.807) is 13.8 Å². The number of Topliss-reactive ketones (excluding diaryl/α,β-unsaturated/α-hetero) is 2. The molecule has 11 nitrogen and oxygen atoms in total. The summed E-state index contributed by atoms with van der Waals surface area (Å²) in [5.74, 6) is 2.44. The zero-order valence-electron chi connectivity index (χ0n) is 38.3. The lowest BCUT2D eigenvalue weighted by atomic mass is 9.47. The number of rotatable bonds is 10. The highest BCUT2D eigenvalue weighted by atomic mass is 16.5. The van der Waals surface area contributed by atoms with Gasteiger partial charge in [-0.2, -0.15) is 0 Å². The highest BCUT2D eigenvalue weighted by Crippen LogP contribution is 2.68. The highest BCUT2D eigenvalue weighted by Gasteiger charge is 2.61. The average molecular weight is 863 g/mol. The molecule has 0 saturated heterocycles. The summed E-state index contributed by atoms with van der Waals surface area (Å²) in [5, 5.41) is 17.5. The maximum absolute atomic E-state index is 12.3. The molecule has 344 valence electrons. The highest BCUT2D eigenvalue weighted by molar-refractivity contribution is 5.80. The summed E-state index contributed by atoms with van der Waals surface area (Å²) in [6.07, 6.45) is 20.8. The molecule has 8 aliphatic rings. The number of aliphatic carboxylic acids is 2. The number of hydrogen-bond acceptors (Lipinski definition) is 9. The van der Waals surface area contributed by atoms with Crippen molar-refractivity contribution in [3.05, 3.63) is 23.3 Å². The molecular weight excluding hydrogens is 789 g/mol. The monoisotopic (exact) mass is 863 g/mol. The van der Waals surface area contributed by atoms with Gasteiger partial charge in [-0.15, -0.1) is 0 Å². The first-order valence-corrected chi connectivity index (χ1v) is 23.8. The average Bonchev–Trinajstić information content (AvgIpc) is 3.78. The van der Waals surface area contributed by atoms with Crippen LogP contribution in [0, 0.1) is 69.0 Å². The lowest BCUT2D eigenvalue weighted by Gasteiger charge is -2.58. The molecule has 8 rings (SSSR count). The van der Waals surface area contributed by atoms with E-state index in [0.29, 0.717) is 47.1 Å². The Morgan fingerprint density at radius 3 is 1.26 bits per heavy atom. The summed E-state index contributed by atoms with van der Waals surface area (Å²) in [6, 6.07) is 0. The quantitative estimate of drug-likeness (QED) is 0.158. The van der Waals surface area contributed by atoms with E-state index in [4.69, 9.17) is 24.5 Å². The molecule has 0 aliphatic heterocycles. The third-order valence-electron chi connectivity index (χ3n) is 18.8. The molecule has 0 aromatic carbocycles. The predicted octanol–water partition coefficient (Wildman–Crippen LogP) is 9.68. The minimum absolute atomic E-state index is 0.0512. The second kappa shape index (κ2) is 18.8. The van der Waals surface area contributed by atoms with E-state index >= 15 is 0 Å². The smallest absolute Gasteiger partial charge is 0.306 e. The first-order chi connectivity index (χ1) is 29.3. The number of carboxylic acid groups (broad SMARTS) is 2. The number of fused-ring (bicyclic) bond motifs is 10. The Hall–Kier alpha value is -3.63. The van der Waals surface area contributed by atoms with Crippen LogP contribution in [0.5, 0.6) is 0 Å². The van der Waals surface area contributed by atoms with Gasteiger partial charge >= 0.3 is 23.9 Å². The molecule has 14 unspecified atom stereocenters. The fourth-order valence-electron chi connectivity index (χ4n) is 15.7. The summed E-state index contributed by atoms with van der Waals surface area (Å²) < 4.78 is 11.2. The van der Waals surface area contributed by atoms with Crippen molar-refractivity contribution < 1.29 is 53.2 Å². The van der Waals surface area contributed by atoms with E-state index in [1.165, 1.54) is 36.8 Å². The van der Waals surface area contributed by atoms with E-state index in [2.05, 4.69) is 39.8 Å². The fraction of sp³-hybridized carbons (Fsp3) is 0.784. The van der Waals surface area contributed by atoms with Gasteiger partial charge in [0.25, 0.3) is 0 Å². The maximum Gasteiger partial charge on any atom is 0.306 e. The van der Waals surface area contributed by atoms with Gasteiger partial charge in [0.05, 0.1) is 25.7 Å². The number of allylic oxidation sites excluding steroid dienone is 2. The summed E-state index contributed by atoms with van der Waals surface area (Å²) in [7, 11) is 0. The Bertz CT molecular complexity index is 1690. The van der Waals surface area contributed by atoms with Crippen molar-refractivity contribution in [2.24, 2.45) is 69.0 Å². The number of carbonyl (C=O) groups excluding carboxylic acids is 5. The second-order valence-corrected chi connectivity index (χ2v) is 21.6. The normalized spacial score (nSPS) is 41.1. The first kappa shape index (κ1) is 47.8. The molecule has 62 heavy (non-hydrogen) atoms. The minimum atomic E-state index is -0.965. The van der Waals surface area contributed by atoms with Crippen molar-refractivity contribution in [3.63, 3.8) is 0 Å². The number of carboxylic acids is 2. The zero-order valence-corrected chi connectivity index (χ0v) is 38.3. The van der Waals surface area contributed by atoms with E-state index in [1.807, 2.05) is 6.79 Å². The molecule has 0 aromatic rings. The van der Waals surface area contributed by atoms with Crippen LogP contribution in [0.2, 0.25) is 0 Å². The van der Waals surface area contributed by atoms with Crippen LogP contribution in [0.4, 0.5) is 0 Å². The predicted molar refractivity (Wildman–Crippen MR) is 232 cm³/mol.